The van der Waals surface area contributed by atoms with Crippen LogP contribution in [0.2, 0.25) is 0 Å². The van der Waals surface area contributed by atoms with Crippen LogP contribution in [0.5, 0.6) is 0 Å². The Kier molecular flexibility index (Phi) is 19.9. The van der Waals surface area contributed by atoms with Crippen LogP contribution in [-0.4, -0.2) is 0 Å². The Bertz CT molecular complexity index is 9630. The zero-order valence-electron chi connectivity index (χ0n) is 84.1. The molecule has 0 spiro atoms. The van der Waals surface area contributed by atoms with Crippen LogP contribution in [0.4, 0.5) is 34.1 Å². The third-order valence-corrected chi connectivity index (χ3v) is 36.2. The molecule has 29 rings (SSSR count). The van der Waals surface area contributed by atoms with E-state index in [1.165, 1.54) is 251 Å². The predicted molar refractivity (Wildman–Crippen MR) is 629 cm³/mol. The van der Waals surface area contributed by atoms with Gasteiger partial charge >= 0.3 is 0 Å². The molecule has 0 saturated heterocycles. The number of benzene rings is 22. The first kappa shape index (κ1) is 88.1. The van der Waals surface area contributed by atoms with Crippen molar-refractivity contribution in [3.05, 3.63) is 517 Å². The SMILES string of the molecule is CC1(C)c2cc(-c3ccccc3)ccc2-c2ccc(N(c3ccc(-c4ccc(-c5cccc6c5sc5ccccc56)cc4)cc3)c3ccc4c(c3)C(C)(C)c3cc(-c5ccc6ccccc6c5)ccc3-4)cc21.CC1(C)c2cc(-c3ccccc3)ccc2-c2ccc(N(c3ccc4c(c3)C(C)(C)c3cc(-c5ccc6ccccc6c5)ccc3-4)c3ccc4c(c3)C(C)(C)c3cc(-c5cccc6c5sc5ccccc56)ccc3-4)cc21. The van der Waals surface area contributed by atoms with Gasteiger partial charge in [-0.05, 0) is 338 Å². The summed E-state index contributed by atoms with van der Waals surface area (Å²) >= 11 is 3.79. The van der Waals surface area contributed by atoms with Gasteiger partial charge in [0.2, 0.25) is 0 Å². The van der Waals surface area contributed by atoms with Crippen LogP contribution in [0.3, 0.4) is 0 Å². The summed E-state index contributed by atoms with van der Waals surface area (Å²) in [5.41, 5.74) is 50.2. The molecular weight excluding hydrogens is 1810 g/mol. The van der Waals surface area contributed by atoms with Gasteiger partial charge in [-0.25, -0.2) is 0 Å². The summed E-state index contributed by atoms with van der Waals surface area (Å²) in [5, 5.41) is 10.4. The molecule has 2 nitrogen and oxygen atoms in total. The minimum atomic E-state index is -0.237. The summed E-state index contributed by atoms with van der Waals surface area (Å²) in [6.07, 6.45) is 0. The third-order valence-electron chi connectivity index (χ3n) is 33.7. The topological polar surface area (TPSA) is 6.48 Å². The fourth-order valence-electron chi connectivity index (χ4n) is 25.7. The summed E-state index contributed by atoms with van der Waals surface area (Å²) < 4.78 is 5.36. The van der Waals surface area contributed by atoms with Gasteiger partial charge in [0, 0.05) is 102 Å². The number of thiophene rings is 2. The van der Waals surface area contributed by atoms with Gasteiger partial charge in [-0.1, -0.05) is 403 Å². The number of hydrogen-bond acceptors (Lipinski definition) is 4. The Morgan fingerprint density at radius 3 is 0.721 bits per heavy atom. The lowest BCUT2D eigenvalue weighted by molar-refractivity contribution is 0.659. The smallest absolute Gasteiger partial charge is 0.0465 e. The van der Waals surface area contributed by atoms with E-state index in [0.29, 0.717) is 0 Å². The van der Waals surface area contributed by atoms with E-state index in [2.05, 4.69) is 540 Å². The highest BCUT2D eigenvalue weighted by molar-refractivity contribution is 7.26. The van der Waals surface area contributed by atoms with E-state index in [-0.39, 0.29) is 27.1 Å². The fraction of sp³-hybridized carbons (Fsp3) is 0.105. The molecular formula is C143H106N2S2. The molecule has 0 atom stereocenters. The van der Waals surface area contributed by atoms with Crippen LogP contribution >= 0.6 is 22.7 Å². The highest BCUT2D eigenvalue weighted by atomic mass is 32.1. The van der Waals surface area contributed by atoms with Crippen molar-refractivity contribution in [1.29, 1.82) is 0 Å². The van der Waals surface area contributed by atoms with Crippen molar-refractivity contribution in [2.75, 3.05) is 9.80 Å². The second-order valence-electron chi connectivity index (χ2n) is 43.8. The molecule has 700 valence electrons. The highest BCUT2D eigenvalue weighted by Gasteiger charge is 2.44. The highest BCUT2D eigenvalue weighted by Crippen LogP contribution is 2.61. The monoisotopic (exact) mass is 1910 g/mol. The van der Waals surface area contributed by atoms with E-state index >= 15 is 0 Å². The average molecular weight is 1920 g/mol. The quantitative estimate of drug-likeness (QED) is 0.114. The van der Waals surface area contributed by atoms with Crippen LogP contribution in [0.15, 0.2) is 461 Å². The van der Waals surface area contributed by atoms with E-state index in [4.69, 9.17) is 0 Å². The van der Waals surface area contributed by atoms with Gasteiger partial charge in [0.1, 0.15) is 0 Å². The predicted octanol–water partition coefficient (Wildman–Crippen LogP) is 40.6. The normalized spacial score (nSPS) is 14.3. The lowest BCUT2D eigenvalue weighted by Gasteiger charge is -2.31. The molecule has 0 fully saturated rings. The summed E-state index contributed by atoms with van der Waals surface area (Å²) in [5.74, 6) is 0. The standard InChI is InChI=1S/C73H55NS.C70H51NS/c1-71(2)63-38-48(44-15-8-7-9-16-44)25-31-55(63)58-34-28-51(41-66(58)71)74(52-29-35-59-56-32-26-49(39-64(56)72(3,4)67(59)42-52)47-24-23-45-17-10-11-18-46(45)37-47)53-30-36-60-57-33-27-50(40-65(57)73(5,6)68(60)43-53)54-20-14-21-62-61-19-12-13-22-69(61)75-70(54)62;1-69(2)63-40-51(44-13-6-5-7-14-44)29-35-57(63)59-37-33-54(42-65(59)69)71(53-31-27-47(28-32-53)46-21-24-48(25-22-46)56-18-12-19-62-61-17-10-11-20-67(61)72-68(56)62)55-34-38-60-58-36-30-52(41-64(58)70(3,4)66(60)43-55)50-26-23-45-15-8-9-16-49(45)39-50/h7-43H,1-6H3;5-43H,1-4H3. The summed E-state index contributed by atoms with van der Waals surface area (Å²) in [4.78, 5) is 5.02. The molecule has 4 heteroatoms. The molecule has 5 aliphatic rings. The van der Waals surface area contributed by atoms with Gasteiger partial charge in [0.25, 0.3) is 0 Å². The molecule has 0 aliphatic heterocycles. The molecule has 2 aromatic heterocycles. The second kappa shape index (κ2) is 33.2. The minimum absolute atomic E-state index is 0.194. The average Bonchev–Trinajstić information content (AvgIpc) is 1.71. The zero-order chi connectivity index (χ0) is 98.8. The molecule has 5 aliphatic carbocycles. The largest absolute Gasteiger partial charge is 0.310 e. The molecule has 22 aromatic carbocycles. The Balaban J connectivity index is 0.000000142. The number of rotatable bonds is 13. The van der Waals surface area contributed by atoms with Crippen LogP contribution in [0.1, 0.15) is 125 Å². The number of nitrogens with zero attached hydrogens (tertiary/aromatic N) is 2. The van der Waals surface area contributed by atoms with Crippen molar-refractivity contribution in [3.8, 4) is 134 Å². The molecule has 0 radical (unpaired) electrons. The Hall–Kier alpha value is -16.6. The van der Waals surface area contributed by atoms with Crippen LogP contribution in [0, 0.1) is 0 Å². The van der Waals surface area contributed by atoms with Gasteiger partial charge in [-0.15, -0.1) is 22.7 Å². The van der Waals surface area contributed by atoms with E-state index in [1.807, 2.05) is 22.7 Å². The van der Waals surface area contributed by atoms with Crippen LogP contribution in [-0.2, 0) is 27.1 Å². The molecule has 2 heterocycles. The molecule has 0 amide bonds. The fourth-order valence-corrected chi connectivity index (χ4v) is 28.2. The first-order valence-corrected chi connectivity index (χ1v) is 53.4. The van der Waals surface area contributed by atoms with Crippen LogP contribution in [0.25, 0.3) is 195 Å². The third kappa shape index (κ3) is 14.0. The van der Waals surface area contributed by atoms with Crippen molar-refractivity contribution < 1.29 is 0 Å². The molecule has 24 aromatic rings. The first-order valence-electron chi connectivity index (χ1n) is 51.8. The molecule has 147 heavy (non-hydrogen) atoms. The van der Waals surface area contributed by atoms with Crippen molar-refractivity contribution in [2.24, 2.45) is 0 Å². The Morgan fingerprint density at radius 2 is 0.367 bits per heavy atom. The van der Waals surface area contributed by atoms with E-state index in [1.54, 1.807) is 0 Å². The van der Waals surface area contributed by atoms with Crippen molar-refractivity contribution in [1.82, 2.24) is 0 Å². The number of anilines is 6. The van der Waals surface area contributed by atoms with Crippen molar-refractivity contribution in [2.45, 2.75) is 96.3 Å². The van der Waals surface area contributed by atoms with Crippen LogP contribution < -0.4 is 9.80 Å². The van der Waals surface area contributed by atoms with E-state index in [9.17, 15) is 0 Å². The first-order chi connectivity index (χ1) is 71.6. The van der Waals surface area contributed by atoms with Gasteiger partial charge in [-0.2, -0.15) is 0 Å². The summed E-state index contributed by atoms with van der Waals surface area (Å²) in [6.45, 7) is 24.1. The minimum Gasteiger partial charge on any atom is -0.310 e. The van der Waals surface area contributed by atoms with Crippen molar-refractivity contribution >= 4 is 119 Å². The summed E-state index contributed by atoms with van der Waals surface area (Å²) in [7, 11) is 0. The van der Waals surface area contributed by atoms with Gasteiger partial charge in [-0.3, -0.25) is 0 Å². The number of hydrogen-bond donors (Lipinski definition) is 0. The summed E-state index contributed by atoms with van der Waals surface area (Å²) in [6, 6.07) is 174. The molecule has 0 N–H and O–H groups in total. The maximum Gasteiger partial charge on any atom is 0.0465 e. The molecule has 0 unspecified atom stereocenters. The second-order valence-corrected chi connectivity index (χ2v) is 45.9. The Labute approximate surface area is 868 Å². The van der Waals surface area contributed by atoms with E-state index < -0.39 is 0 Å². The molecule has 0 saturated carbocycles. The molecule has 0 bridgehead atoms. The lowest BCUT2D eigenvalue weighted by atomic mass is 9.80. The number of fused-ring (bicyclic) bond motifs is 23. The van der Waals surface area contributed by atoms with Gasteiger partial charge in [0.15, 0.2) is 0 Å². The van der Waals surface area contributed by atoms with Gasteiger partial charge < -0.3 is 9.80 Å². The van der Waals surface area contributed by atoms with Gasteiger partial charge in [0.05, 0.1) is 0 Å². The lowest BCUT2D eigenvalue weighted by Crippen LogP contribution is -2.19. The maximum absolute atomic E-state index is 2.54. The Morgan fingerprint density at radius 1 is 0.143 bits per heavy atom. The maximum atomic E-state index is 2.54. The van der Waals surface area contributed by atoms with Crippen molar-refractivity contribution in [3.63, 3.8) is 0 Å². The van der Waals surface area contributed by atoms with E-state index in [0.717, 1.165) is 34.1 Å². The zero-order valence-corrected chi connectivity index (χ0v) is 85.7.